The minimum absolute atomic E-state index is 0. The van der Waals surface area contributed by atoms with Crippen molar-refractivity contribution in [1.82, 2.24) is 0 Å². The number of rotatable bonds is 5. The molecule has 0 radical (unpaired) electrons. The molecule has 1 fully saturated rings. The predicted molar refractivity (Wildman–Crippen MR) is 61.7 cm³/mol. The fraction of sp³-hybridized carbons (Fsp3) is 0.818. The first kappa shape index (κ1) is 15.9. The molecule has 0 aliphatic heterocycles. The average molecular weight is 238 g/mol. The second-order valence-electron chi connectivity index (χ2n) is 4.31. The summed E-state index contributed by atoms with van der Waals surface area (Å²) in [6.07, 6.45) is 6.94. The van der Waals surface area contributed by atoms with Gasteiger partial charge < -0.3 is 10.2 Å². The Balaban J connectivity index is 0.00000225. The van der Waals surface area contributed by atoms with Gasteiger partial charge in [-0.15, -0.1) is 0 Å². The van der Waals surface area contributed by atoms with Crippen LogP contribution in [-0.2, 0) is 9.59 Å². The zero-order valence-corrected chi connectivity index (χ0v) is 8.82. The molecule has 0 unspecified atom stereocenters. The van der Waals surface area contributed by atoms with Crippen LogP contribution in [0.4, 0.5) is 0 Å². The minimum atomic E-state index is -1.22. The molecule has 0 heterocycles. The molecule has 0 aromatic rings. The second kappa shape index (κ2) is 8.09. The van der Waals surface area contributed by atoms with E-state index in [9.17, 15) is 9.59 Å². The van der Waals surface area contributed by atoms with Crippen molar-refractivity contribution >= 4 is 41.5 Å². The van der Waals surface area contributed by atoms with Crippen LogP contribution >= 0.6 is 0 Å². The molecule has 0 amide bonds. The van der Waals surface area contributed by atoms with E-state index in [1.54, 1.807) is 0 Å². The Bertz CT molecular complexity index is 222. The molecule has 1 aliphatic carbocycles. The van der Waals surface area contributed by atoms with Gasteiger partial charge >= 0.3 is 41.5 Å². The SMILES string of the molecule is O=C(O)C(CCC1CCCCC1)C(=O)O.[NaH]. The number of carboxylic acid groups (broad SMARTS) is 2. The van der Waals surface area contributed by atoms with Crippen LogP contribution in [0.25, 0.3) is 0 Å². The van der Waals surface area contributed by atoms with Gasteiger partial charge in [0.25, 0.3) is 0 Å². The molecule has 1 aliphatic rings. The third-order valence-electron chi connectivity index (χ3n) is 3.18. The summed E-state index contributed by atoms with van der Waals surface area (Å²) < 4.78 is 0. The zero-order chi connectivity index (χ0) is 11.3. The molecule has 0 bridgehead atoms. The molecule has 0 aromatic heterocycles. The molecule has 1 rings (SSSR count). The van der Waals surface area contributed by atoms with E-state index in [-0.39, 0.29) is 36.0 Å². The van der Waals surface area contributed by atoms with Crippen LogP contribution in [0.2, 0.25) is 0 Å². The number of carbonyl (C=O) groups is 2. The van der Waals surface area contributed by atoms with Crippen LogP contribution in [0.1, 0.15) is 44.9 Å². The monoisotopic (exact) mass is 238 g/mol. The number of carboxylic acids is 2. The van der Waals surface area contributed by atoms with Gasteiger partial charge in [-0.1, -0.05) is 32.1 Å². The van der Waals surface area contributed by atoms with E-state index < -0.39 is 17.9 Å². The Morgan fingerprint density at radius 3 is 2.00 bits per heavy atom. The van der Waals surface area contributed by atoms with Crippen molar-refractivity contribution in [3.05, 3.63) is 0 Å². The number of hydrogen-bond donors (Lipinski definition) is 2. The summed E-state index contributed by atoms with van der Waals surface area (Å²) in [7, 11) is 0. The van der Waals surface area contributed by atoms with E-state index in [2.05, 4.69) is 0 Å². The molecule has 0 aromatic carbocycles. The second-order valence-corrected chi connectivity index (χ2v) is 4.31. The van der Waals surface area contributed by atoms with Crippen LogP contribution in [0.3, 0.4) is 0 Å². The van der Waals surface area contributed by atoms with Crippen LogP contribution in [0, 0.1) is 11.8 Å². The molecule has 16 heavy (non-hydrogen) atoms. The summed E-state index contributed by atoms with van der Waals surface area (Å²) >= 11 is 0. The number of aliphatic carboxylic acids is 2. The maximum absolute atomic E-state index is 10.6. The van der Waals surface area contributed by atoms with Crippen molar-refractivity contribution in [2.24, 2.45) is 11.8 Å². The Kier molecular flexibility index (Phi) is 8.06. The van der Waals surface area contributed by atoms with E-state index >= 15 is 0 Å². The van der Waals surface area contributed by atoms with Crippen LogP contribution in [0.5, 0.6) is 0 Å². The van der Waals surface area contributed by atoms with Crippen LogP contribution in [0.15, 0.2) is 0 Å². The van der Waals surface area contributed by atoms with Crippen molar-refractivity contribution in [2.45, 2.75) is 44.9 Å². The van der Waals surface area contributed by atoms with Crippen molar-refractivity contribution in [2.75, 3.05) is 0 Å². The van der Waals surface area contributed by atoms with Gasteiger partial charge in [-0.25, -0.2) is 0 Å². The van der Waals surface area contributed by atoms with E-state index in [0.717, 1.165) is 19.3 Å². The molecule has 0 spiro atoms. The van der Waals surface area contributed by atoms with Gasteiger partial charge in [-0.3, -0.25) is 9.59 Å². The number of hydrogen-bond acceptors (Lipinski definition) is 2. The molecule has 4 nitrogen and oxygen atoms in total. The van der Waals surface area contributed by atoms with Crippen molar-refractivity contribution in [3.8, 4) is 0 Å². The van der Waals surface area contributed by atoms with Gasteiger partial charge in [0.05, 0.1) is 0 Å². The summed E-state index contributed by atoms with van der Waals surface area (Å²) in [5.41, 5.74) is 0. The van der Waals surface area contributed by atoms with Gasteiger partial charge in [-0.2, -0.15) is 0 Å². The van der Waals surface area contributed by atoms with Crippen molar-refractivity contribution in [1.29, 1.82) is 0 Å². The molecule has 1 saturated carbocycles. The summed E-state index contributed by atoms with van der Waals surface area (Å²) in [5.74, 6) is -3.09. The quantitative estimate of drug-likeness (QED) is 0.562. The predicted octanol–water partition coefficient (Wildman–Crippen LogP) is 1.48. The van der Waals surface area contributed by atoms with Crippen molar-refractivity contribution in [3.63, 3.8) is 0 Å². The van der Waals surface area contributed by atoms with E-state index in [4.69, 9.17) is 10.2 Å². The Morgan fingerprint density at radius 1 is 1.06 bits per heavy atom. The molecule has 0 saturated heterocycles. The zero-order valence-electron chi connectivity index (χ0n) is 8.82. The summed E-state index contributed by atoms with van der Waals surface area (Å²) in [6, 6.07) is 0. The van der Waals surface area contributed by atoms with E-state index in [0.29, 0.717) is 5.92 Å². The molecular formula is C11H19NaO4. The Labute approximate surface area is 118 Å². The molecular weight excluding hydrogens is 219 g/mol. The molecule has 88 valence electrons. The summed E-state index contributed by atoms with van der Waals surface area (Å²) in [5, 5.41) is 17.4. The average Bonchev–Trinajstić information content (AvgIpc) is 2.18. The third kappa shape index (κ3) is 5.32. The summed E-state index contributed by atoms with van der Waals surface area (Å²) in [6.45, 7) is 0. The standard InChI is InChI=1S/C11H18O4.Na.H/c12-10(13)9(11(14)15)7-6-8-4-2-1-3-5-8;;/h8-9H,1-7H2,(H,12,13)(H,14,15);;. The van der Waals surface area contributed by atoms with Gasteiger partial charge in [0.15, 0.2) is 5.92 Å². The molecule has 0 atom stereocenters. The van der Waals surface area contributed by atoms with E-state index in [1.165, 1.54) is 19.3 Å². The fourth-order valence-electron chi connectivity index (χ4n) is 2.23. The van der Waals surface area contributed by atoms with Gasteiger partial charge in [0, 0.05) is 0 Å². The van der Waals surface area contributed by atoms with Gasteiger partial charge in [0.2, 0.25) is 0 Å². The first-order chi connectivity index (χ1) is 7.11. The van der Waals surface area contributed by atoms with Crippen molar-refractivity contribution < 1.29 is 19.8 Å². The Hall–Kier alpha value is -0.0600. The Morgan fingerprint density at radius 2 is 1.56 bits per heavy atom. The van der Waals surface area contributed by atoms with Gasteiger partial charge in [-0.05, 0) is 18.8 Å². The normalized spacial score (nSPS) is 16.8. The molecule has 5 heteroatoms. The first-order valence-electron chi connectivity index (χ1n) is 5.57. The summed E-state index contributed by atoms with van der Waals surface area (Å²) in [4.78, 5) is 21.3. The maximum atomic E-state index is 10.6. The van der Waals surface area contributed by atoms with Crippen LogP contribution in [-0.4, -0.2) is 51.7 Å². The molecule has 2 N–H and O–H groups in total. The topological polar surface area (TPSA) is 74.6 Å². The first-order valence-corrected chi connectivity index (χ1v) is 5.57. The van der Waals surface area contributed by atoms with Gasteiger partial charge in [0.1, 0.15) is 0 Å². The fourth-order valence-corrected chi connectivity index (χ4v) is 2.23. The third-order valence-corrected chi connectivity index (χ3v) is 3.18. The van der Waals surface area contributed by atoms with Crippen LogP contribution < -0.4 is 0 Å². The van der Waals surface area contributed by atoms with E-state index in [1.807, 2.05) is 0 Å².